The Morgan fingerprint density at radius 1 is 1.19 bits per heavy atom. The van der Waals surface area contributed by atoms with E-state index in [1.807, 2.05) is 6.92 Å². The highest BCUT2D eigenvalue weighted by Gasteiger charge is 2.15. The topological polar surface area (TPSA) is 101 Å². The molecule has 1 amide bonds. The summed E-state index contributed by atoms with van der Waals surface area (Å²) in [6.45, 7) is 1.82. The van der Waals surface area contributed by atoms with Crippen molar-refractivity contribution in [3.63, 3.8) is 0 Å². The van der Waals surface area contributed by atoms with Crippen molar-refractivity contribution in [2.45, 2.75) is 16.0 Å². The minimum Gasteiger partial charge on any atom is -0.300 e. The van der Waals surface area contributed by atoms with E-state index in [1.165, 1.54) is 23.1 Å². The molecule has 7 nitrogen and oxygen atoms in total. The summed E-state index contributed by atoms with van der Waals surface area (Å²) >= 11 is 3.82. The van der Waals surface area contributed by atoms with E-state index in [1.54, 1.807) is 41.8 Å². The summed E-state index contributed by atoms with van der Waals surface area (Å²) in [5, 5.41) is 13.3. The lowest BCUT2D eigenvalue weighted by Gasteiger charge is -2.07. The lowest BCUT2D eigenvalue weighted by Crippen LogP contribution is -2.13. The predicted molar refractivity (Wildman–Crippen MR) is 106 cm³/mol. The molecule has 1 aromatic carbocycles. The van der Waals surface area contributed by atoms with Gasteiger partial charge in [-0.05, 0) is 42.6 Å². The third kappa shape index (κ3) is 5.04. The van der Waals surface area contributed by atoms with E-state index in [4.69, 9.17) is 0 Å². The van der Waals surface area contributed by atoms with Gasteiger partial charge in [0.1, 0.15) is 9.22 Å². The van der Waals surface area contributed by atoms with Gasteiger partial charge in [-0.1, -0.05) is 17.4 Å². The van der Waals surface area contributed by atoms with E-state index in [-0.39, 0.29) is 15.9 Å². The Morgan fingerprint density at radius 3 is 2.58 bits per heavy atom. The van der Waals surface area contributed by atoms with Gasteiger partial charge in [-0.25, -0.2) is 8.42 Å². The minimum absolute atomic E-state index is 0.173. The Morgan fingerprint density at radius 2 is 1.96 bits per heavy atom. The average molecular weight is 427 g/mol. The molecule has 3 aromatic rings. The maximum absolute atomic E-state index is 12.2. The first-order chi connectivity index (χ1) is 12.4. The summed E-state index contributed by atoms with van der Waals surface area (Å²) in [6, 6.07) is 10.1. The number of nitrogens with one attached hydrogen (secondary N) is 2. The average Bonchev–Trinajstić information content (AvgIpc) is 3.26. The van der Waals surface area contributed by atoms with Gasteiger partial charge in [-0.2, -0.15) is 0 Å². The Kier molecular flexibility index (Phi) is 5.91. The molecule has 0 spiro atoms. The van der Waals surface area contributed by atoms with Gasteiger partial charge in [-0.3, -0.25) is 14.8 Å². The lowest BCUT2D eigenvalue weighted by molar-refractivity contribution is -0.113. The normalized spacial score (nSPS) is 11.3. The lowest BCUT2D eigenvalue weighted by atomic mass is 10.3. The van der Waals surface area contributed by atoms with Gasteiger partial charge in [0.05, 0.1) is 5.75 Å². The number of hydrogen-bond donors (Lipinski definition) is 2. The highest BCUT2D eigenvalue weighted by Crippen LogP contribution is 2.24. The van der Waals surface area contributed by atoms with E-state index in [2.05, 4.69) is 20.2 Å². The molecule has 3 rings (SSSR count). The maximum Gasteiger partial charge on any atom is 0.271 e. The number of benzene rings is 1. The molecule has 0 fully saturated rings. The second-order valence-electron chi connectivity index (χ2n) is 5.03. The van der Waals surface area contributed by atoms with Crippen LogP contribution in [0.15, 0.2) is 50.9 Å². The summed E-state index contributed by atoms with van der Waals surface area (Å²) in [4.78, 5) is 12.8. The van der Waals surface area contributed by atoms with Crippen molar-refractivity contribution in [1.29, 1.82) is 0 Å². The van der Waals surface area contributed by atoms with Gasteiger partial charge in [0.2, 0.25) is 11.0 Å². The summed E-state index contributed by atoms with van der Waals surface area (Å²) in [5.41, 5.74) is 0.469. The molecule has 0 radical (unpaired) electrons. The number of anilines is 2. The number of carbonyl (C=O) groups is 1. The molecule has 0 bridgehead atoms. The molecule has 0 unspecified atom stereocenters. The monoisotopic (exact) mass is 426 g/mol. The van der Waals surface area contributed by atoms with Crippen molar-refractivity contribution in [1.82, 2.24) is 10.2 Å². The van der Waals surface area contributed by atoms with Crippen molar-refractivity contribution in [2.24, 2.45) is 0 Å². The van der Waals surface area contributed by atoms with Gasteiger partial charge in [-0.15, -0.1) is 33.3 Å². The van der Waals surface area contributed by atoms with Crippen LogP contribution in [0.2, 0.25) is 0 Å². The number of carbonyl (C=O) groups excluding carboxylic acids is 1. The van der Waals surface area contributed by atoms with Crippen LogP contribution in [0, 0.1) is 6.92 Å². The van der Waals surface area contributed by atoms with E-state index in [0.717, 1.165) is 21.2 Å². The molecule has 0 aliphatic rings. The van der Waals surface area contributed by atoms with Crippen molar-refractivity contribution >= 4 is 61.2 Å². The zero-order valence-electron chi connectivity index (χ0n) is 13.5. The maximum atomic E-state index is 12.2. The van der Waals surface area contributed by atoms with Crippen molar-refractivity contribution in [3.05, 3.63) is 46.8 Å². The smallest absolute Gasteiger partial charge is 0.271 e. The minimum atomic E-state index is -3.56. The van der Waals surface area contributed by atoms with Crippen LogP contribution in [0.1, 0.15) is 5.01 Å². The van der Waals surface area contributed by atoms with Crippen LogP contribution < -0.4 is 10.0 Å². The van der Waals surface area contributed by atoms with Crippen LogP contribution >= 0.6 is 34.4 Å². The molecule has 2 N–H and O–H groups in total. The third-order valence-electron chi connectivity index (χ3n) is 3.01. The number of amides is 1. The number of thioether (sulfide) groups is 1. The molecule has 0 saturated carbocycles. The molecule has 0 atom stereocenters. The number of hydrogen-bond acceptors (Lipinski definition) is 8. The van der Waals surface area contributed by atoms with Gasteiger partial charge >= 0.3 is 0 Å². The number of aromatic nitrogens is 2. The van der Waals surface area contributed by atoms with Crippen LogP contribution in [-0.2, 0) is 14.8 Å². The molecule has 0 aliphatic carbocycles. The second-order valence-corrected chi connectivity index (χ2v) is 10.1. The van der Waals surface area contributed by atoms with Crippen molar-refractivity contribution < 1.29 is 13.2 Å². The first-order valence-corrected chi connectivity index (χ1v) is 11.5. The molecular formula is C15H14N4O3S4. The Balaban J connectivity index is 1.54. The standard InChI is InChI=1S/C15H14N4O3S4/c1-10-17-18-15(25-10)16-13(20)9-24-12-6-4-11(5-7-12)19-26(21,22)14-3-2-8-23-14/h2-8,19H,9H2,1H3,(H,16,18,20). The summed E-state index contributed by atoms with van der Waals surface area (Å²) in [7, 11) is -3.56. The molecule has 0 saturated heterocycles. The number of nitrogens with zero attached hydrogens (tertiary/aromatic N) is 2. The first kappa shape index (κ1) is 18.8. The molecule has 136 valence electrons. The summed E-state index contributed by atoms with van der Waals surface area (Å²) in [5.74, 6) is 0.0486. The second kappa shape index (κ2) is 8.16. The van der Waals surface area contributed by atoms with Crippen molar-refractivity contribution in [3.8, 4) is 0 Å². The van der Waals surface area contributed by atoms with Gasteiger partial charge in [0, 0.05) is 10.6 Å². The third-order valence-corrected chi connectivity index (χ3v) is 7.55. The van der Waals surface area contributed by atoms with Crippen LogP contribution in [0.25, 0.3) is 0 Å². The van der Waals surface area contributed by atoms with Crippen LogP contribution in [0.5, 0.6) is 0 Å². The highest BCUT2D eigenvalue weighted by molar-refractivity contribution is 8.00. The van der Waals surface area contributed by atoms with E-state index >= 15 is 0 Å². The molecule has 26 heavy (non-hydrogen) atoms. The predicted octanol–water partition coefficient (Wildman–Crippen LogP) is 3.44. The van der Waals surface area contributed by atoms with Crippen LogP contribution in [-0.4, -0.2) is 30.3 Å². The van der Waals surface area contributed by atoms with Gasteiger partial charge in [0.15, 0.2) is 0 Å². The van der Waals surface area contributed by atoms with E-state index in [0.29, 0.717) is 10.8 Å². The number of rotatable bonds is 7. The Bertz CT molecular complexity index is 982. The zero-order chi connectivity index (χ0) is 18.6. The highest BCUT2D eigenvalue weighted by atomic mass is 32.2. The van der Waals surface area contributed by atoms with Crippen LogP contribution in [0.4, 0.5) is 10.8 Å². The van der Waals surface area contributed by atoms with Crippen molar-refractivity contribution in [2.75, 3.05) is 15.8 Å². The quantitative estimate of drug-likeness (QED) is 0.561. The summed E-state index contributed by atoms with van der Waals surface area (Å²) in [6.07, 6.45) is 0. The first-order valence-electron chi connectivity index (χ1n) is 7.31. The van der Waals surface area contributed by atoms with Gasteiger partial charge < -0.3 is 0 Å². The number of thiophene rings is 1. The van der Waals surface area contributed by atoms with Crippen LogP contribution in [0.3, 0.4) is 0 Å². The fourth-order valence-electron chi connectivity index (χ4n) is 1.89. The summed E-state index contributed by atoms with van der Waals surface area (Å²) < 4.78 is 27.1. The largest absolute Gasteiger partial charge is 0.300 e. The molecule has 2 heterocycles. The molecule has 2 aromatic heterocycles. The fraction of sp³-hybridized carbons (Fsp3) is 0.133. The Hall–Kier alpha value is -1.95. The molecular weight excluding hydrogens is 412 g/mol. The van der Waals surface area contributed by atoms with E-state index in [9.17, 15) is 13.2 Å². The number of sulfonamides is 1. The SMILES string of the molecule is Cc1nnc(NC(=O)CSc2ccc(NS(=O)(=O)c3cccs3)cc2)s1. The van der Waals surface area contributed by atoms with Gasteiger partial charge in [0.25, 0.3) is 10.0 Å². The molecule has 11 heteroatoms. The molecule has 0 aliphatic heterocycles. The zero-order valence-corrected chi connectivity index (χ0v) is 16.8. The fourth-order valence-corrected chi connectivity index (χ4v) is 5.25. The number of aryl methyl sites for hydroxylation is 1. The van der Waals surface area contributed by atoms with E-state index < -0.39 is 10.0 Å². The Labute approximate surface area is 162 Å².